The Balaban J connectivity index is 0.00000133. The molecule has 3 atom stereocenters. The number of nitrogens with one attached hydrogen (secondary N) is 1. The summed E-state index contributed by atoms with van der Waals surface area (Å²) in [5, 5.41) is 3.26. The second kappa shape index (κ2) is 6.16. The molecular formula is C14H26IN3O. The third-order valence-corrected chi connectivity index (χ3v) is 4.99. The summed E-state index contributed by atoms with van der Waals surface area (Å²) in [4.78, 5) is 4.53. The minimum absolute atomic E-state index is 0. The first-order valence-corrected chi connectivity index (χ1v) is 7.35. The van der Waals surface area contributed by atoms with Gasteiger partial charge in [-0.15, -0.1) is 24.0 Å². The van der Waals surface area contributed by atoms with E-state index in [0.717, 1.165) is 25.4 Å². The van der Waals surface area contributed by atoms with Crippen LogP contribution in [-0.4, -0.2) is 31.3 Å². The Morgan fingerprint density at radius 3 is 2.68 bits per heavy atom. The van der Waals surface area contributed by atoms with Crippen molar-refractivity contribution in [2.45, 2.75) is 57.7 Å². The number of hydrogen-bond donors (Lipinski definition) is 2. The molecule has 0 aromatic heterocycles. The number of hydrogen-bond acceptors (Lipinski definition) is 2. The van der Waals surface area contributed by atoms with E-state index in [0.29, 0.717) is 18.2 Å². The summed E-state index contributed by atoms with van der Waals surface area (Å²) in [5.74, 6) is 1.44. The van der Waals surface area contributed by atoms with E-state index >= 15 is 0 Å². The molecule has 0 spiro atoms. The maximum absolute atomic E-state index is 5.93. The third-order valence-electron chi connectivity index (χ3n) is 4.99. The van der Waals surface area contributed by atoms with Gasteiger partial charge in [0.1, 0.15) is 0 Å². The van der Waals surface area contributed by atoms with Crippen LogP contribution in [0.4, 0.5) is 0 Å². The van der Waals surface area contributed by atoms with Crippen molar-refractivity contribution >= 4 is 29.9 Å². The predicted octanol–water partition coefficient (Wildman–Crippen LogP) is 2.27. The van der Waals surface area contributed by atoms with E-state index in [1.54, 1.807) is 0 Å². The number of nitrogens with zero attached hydrogens (tertiary/aromatic N) is 1. The quantitative estimate of drug-likeness (QED) is 0.448. The van der Waals surface area contributed by atoms with Gasteiger partial charge < -0.3 is 15.8 Å². The van der Waals surface area contributed by atoms with Crippen LogP contribution in [-0.2, 0) is 4.74 Å². The molecule has 0 aromatic rings. The number of rotatable bonds is 4. The van der Waals surface area contributed by atoms with Gasteiger partial charge in [0.25, 0.3) is 0 Å². The van der Waals surface area contributed by atoms with E-state index in [4.69, 9.17) is 10.5 Å². The van der Waals surface area contributed by atoms with E-state index in [-0.39, 0.29) is 29.4 Å². The maximum Gasteiger partial charge on any atom is 0.188 e. The fourth-order valence-electron chi connectivity index (χ4n) is 3.45. The first-order chi connectivity index (χ1) is 8.66. The Kier molecular flexibility index (Phi) is 4.98. The smallest absolute Gasteiger partial charge is 0.188 e. The highest BCUT2D eigenvalue weighted by atomic mass is 127. The Labute approximate surface area is 133 Å². The van der Waals surface area contributed by atoms with Crippen LogP contribution in [0, 0.1) is 11.3 Å². The molecule has 3 aliphatic rings. The molecule has 5 heteroatoms. The summed E-state index contributed by atoms with van der Waals surface area (Å²) in [5.41, 5.74) is 6.15. The lowest BCUT2D eigenvalue weighted by Crippen LogP contribution is -2.39. The van der Waals surface area contributed by atoms with Gasteiger partial charge in [0.05, 0.1) is 18.8 Å². The highest BCUT2D eigenvalue weighted by Crippen LogP contribution is 2.47. The summed E-state index contributed by atoms with van der Waals surface area (Å²) in [6.45, 7) is 4.09. The van der Waals surface area contributed by atoms with Crippen molar-refractivity contribution in [2.24, 2.45) is 22.1 Å². The molecule has 19 heavy (non-hydrogen) atoms. The zero-order chi connectivity index (χ0) is 12.6. The molecule has 4 nitrogen and oxygen atoms in total. The highest BCUT2D eigenvalue weighted by molar-refractivity contribution is 14.0. The lowest BCUT2D eigenvalue weighted by atomic mass is 9.76. The molecule has 110 valence electrons. The average molecular weight is 379 g/mol. The van der Waals surface area contributed by atoms with E-state index in [1.165, 1.54) is 32.1 Å². The van der Waals surface area contributed by atoms with Crippen molar-refractivity contribution in [3.05, 3.63) is 0 Å². The van der Waals surface area contributed by atoms with Crippen LogP contribution in [0.2, 0.25) is 0 Å². The average Bonchev–Trinajstić information content (AvgIpc) is 2.84. The largest absolute Gasteiger partial charge is 0.374 e. The van der Waals surface area contributed by atoms with Gasteiger partial charge in [-0.2, -0.15) is 0 Å². The third kappa shape index (κ3) is 3.35. The lowest BCUT2D eigenvalue weighted by molar-refractivity contribution is 0.0706. The highest BCUT2D eigenvalue weighted by Gasteiger charge is 2.49. The summed E-state index contributed by atoms with van der Waals surface area (Å²) in [7, 11) is 0. The molecule has 2 saturated heterocycles. The van der Waals surface area contributed by atoms with E-state index in [1.807, 2.05) is 0 Å². The molecule has 2 bridgehead atoms. The summed E-state index contributed by atoms with van der Waals surface area (Å²) >= 11 is 0. The summed E-state index contributed by atoms with van der Waals surface area (Å²) < 4.78 is 5.91. The minimum Gasteiger partial charge on any atom is -0.374 e. The van der Waals surface area contributed by atoms with Crippen LogP contribution in [0.15, 0.2) is 4.99 Å². The lowest BCUT2D eigenvalue weighted by Gasteiger charge is -2.29. The Bertz CT molecular complexity index is 346. The number of aliphatic imine (C=N–C) groups is 1. The topological polar surface area (TPSA) is 59.6 Å². The fourth-order valence-corrected chi connectivity index (χ4v) is 3.45. The van der Waals surface area contributed by atoms with Gasteiger partial charge in [0.2, 0.25) is 0 Å². The molecule has 1 aliphatic carbocycles. The number of halogens is 1. The van der Waals surface area contributed by atoms with Crippen molar-refractivity contribution in [2.75, 3.05) is 13.1 Å². The van der Waals surface area contributed by atoms with Crippen LogP contribution in [0.1, 0.15) is 45.4 Å². The monoisotopic (exact) mass is 379 g/mol. The number of nitrogens with two attached hydrogens (primary N) is 1. The standard InChI is InChI=1S/C14H25N3O.HI/c1-14(7-11-5-6-12(14)18-11)9-17-13(15)16-8-10-3-2-4-10;/h10-12H,2-9H2,1H3,(H3,15,16,17);1H. The van der Waals surface area contributed by atoms with Gasteiger partial charge in [-0.1, -0.05) is 13.3 Å². The molecule has 3 N–H and O–H groups in total. The number of fused-ring (bicyclic) bond motifs is 2. The van der Waals surface area contributed by atoms with Crippen LogP contribution in [0.25, 0.3) is 0 Å². The number of guanidine groups is 1. The Morgan fingerprint density at radius 1 is 1.37 bits per heavy atom. The van der Waals surface area contributed by atoms with Crippen LogP contribution < -0.4 is 11.1 Å². The first-order valence-electron chi connectivity index (χ1n) is 7.35. The molecule has 2 heterocycles. The van der Waals surface area contributed by atoms with Gasteiger partial charge in [-0.05, 0) is 38.0 Å². The molecule has 2 aliphatic heterocycles. The van der Waals surface area contributed by atoms with E-state index in [2.05, 4.69) is 17.2 Å². The molecular weight excluding hydrogens is 353 g/mol. The van der Waals surface area contributed by atoms with Crippen LogP contribution in [0.5, 0.6) is 0 Å². The molecule has 3 rings (SSSR count). The number of ether oxygens (including phenoxy) is 1. The van der Waals surface area contributed by atoms with Crippen molar-refractivity contribution in [3.63, 3.8) is 0 Å². The van der Waals surface area contributed by atoms with Gasteiger partial charge in [0.15, 0.2) is 5.96 Å². The van der Waals surface area contributed by atoms with Crippen molar-refractivity contribution in [1.82, 2.24) is 5.32 Å². The molecule has 1 saturated carbocycles. The van der Waals surface area contributed by atoms with Crippen LogP contribution >= 0.6 is 24.0 Å². The molecule has 3 fully saturated rings. The zero-order valence-electron chi connectivity index (χ0n) is 11.7. The molecule has 0 amide bonds. The Hall–Kier alpha value is -0.0400. The second-order valence-corrected chi connectivity index (χ2v) is 6.56. The van der Waals surface area contributed by atoms with Gasteiger partial charge in [-0.25, -0.2) is 0 Å². The maximum atomic E-state index is 5.93. The Morgan fingerprint density at radius 2 is 2.16 bits per heavy atom. The van der Waals surface area contributed by atoms with Crippen molar-refractivity contribution in [1.29, 1.82) is 0 Å². The van der Waals surface area contributed by atoms with Crippen molar-refractivity contribution < 1.29 is 4.74 Å². The molecule has 3 unspecified atom stereocenters. The van der Waals surface area contributed by atoms with Gasteiger partial charge >= 0.3 is 0 Å². The van der Waals surface area contributed by atoms with E-state index in [9.17, 15) is 0 Å². The second-order valence-electron chi connectivity index (χ2n) is 6.56. The zero-order valence-corrected chi connectivity index (χ0v) is 14.1. The fraction of sp³-hybridized carbons (Fsp3) is 0.929. The SMILES string of the molecule is CC1(CN=C(N)NCC2CCC2)CC2CCC1O2.I. The predicted molar refractivity (Wildman–Crippen MR) is 87.9 cm³/mol. The normalized spacial score (nSPS) is 37.8. The van der Waals surface area contributed by atoms with Gasteiger partial charge in [0, 0.05) is 12.0 Å². The summed E-state index contributed by atoms with van der Waals surface area (Å²) in [6.07, 6.45) is 8.54. The molecule has 0 radical (unpaired) electrons. The summed E-state index contributed by atoms with van der Waals surface area (Å²) in [6, 6.07) is 0. The van der Waals surface area contributed by atoms with Crippen LogP contribution in [0.3, 0.4) is 0 Å². The molecule has 0 aromatic carbocycles. The van der Waals surface area contributed by atoms with E-state index < -0.39 is 0 Å². The van der Waals surface area contributed by atoms with Crippen molar-refractivity contribution in [3.8, 4) is 0 Å². The van der Waals surface area contributed by atoms with Gasteiger partial charge in [-0.3, -0.25) is 4.99 Å². The minimum atomic E-state index is 0. The first kappa shape index (κ1) is 15.4.